The third-order valence-electron chi connectivity index (χ3n) is 3.54. The summed E-state index contributed by atoms with van der Waals surface area (Å²) in [4.78, 5) is 11.5. The van der Waals surface area contributed by atoms with Gasteiger partial charge in [-0.3, -0.25) is 4.79 Å². The highest BCUT2D eigenvalue weighted by molar-refractivity contribution is 5.92. The minimum atomic E-state index is 0.173. The third kappa shape index (κ3) is 2.71. The van der Waals surface area contributed by atoms with Crippen LogP contribution in [0.25, 0.3) is 10.8 Å². The number of hydrogen-bond acceptors (Lipinski definition) is 4. The Labute approximate surface area is 117 Å². The predicted molar refractivity (Wildman–Crippen MR) is 78.5 cm³/mol. The molecule has 0 radical (unpaired) electrons. The van der Waals surface area contributed by atoms with Gasteiger partial charge in [-0.25, -0.2) is 0 Å². The second-order valence-electron chi connectivity index (χ2n) is 5.17. The molecule has 1 aromatic carbocycles. The first-order valence-electron chi connectivity index (χ1n) is 6.99. The quantitative estimate of drug-likeness (QED) is 0.814. The largest absolute Gasteiger partial charge is 0.366 e. The lowest BCUT2D eigenvalue weighted by Crippen LogP contribution is -2.30. The van der Waals surface area contributed by atoms with Crippen molar-refractivity contribution in [2.24, 2.45) is 5.92 Å². The average molecular weight is 270 g/mol. The molecule has 1 fully saturated rings. The maximum absolute atomic E-state index is 11.5. The molecule has 1 saturated carbocycles. The van der Waals surface area contributed by atoms with Crippen molar-refractivity contribution in [3.8, 4) is 0 Å². The SMILES string of the molecule is Cc1nnc(NCCNC(=O)C2CC2)c2ccccc12. The molecule has 0 atom stereocenters. The number of anilines is 1. The van der Waals surface area contributed by atoms with Gasteiger partial charge in [-0.2, -0.15) is 5.10 Å². The van der Waals surface area contributed by atoms with Crippen molar-refractivity contribution in [1.82, 2.24) is 15.5 Å². The Kier molecular flexibility index (Phi) is 3.50. The van der Waals surface area contributed by atoms with Crippen LogP contribution in [-0.4, -0.2) is 29.2 Å². The zero-order valence-corrected chi connectivity index (χ0v) is 11.5. The summed E-state index contributed by atoms with van der Waals surface area (Å²) >= 11 is 0. The standard InChI is InChI=1S/C15H18N4O/c1-10-12-4-2-3-5-13(12)14(19-18-10)16-8-9-17-15(20)11-6-7-11/h2-5,11H,6-9H2,1H3,(H,16,19)(H,17,20). The number of carbonyl (C=O) groups excluding carboxylic acids is 1. The highest BCUT2D eigenvalue weighted by atomic mass is 16.2. The topological polar surface area (TPSA) is 66.9 Å². The van der Waals surface area contributed by atoms with E-state index < -0.39 is 0 Å². The monoisotopic (exact) mass is 270 g/mol. The smallest absolute Gasteiger partial charge is 0.223 e. The van der Waals surface area contributed by atoms with Gasteiger partial charge >= 0.3 is 0 Å². The fourth-order valence-electron chi connectivity index (χ4n) is 2.22. The number of hydrogen-bond donors (Lipinski definition) is 2. The van der Waals surface area contributed by atoms with Crippen LogP contribution >= 0.6 is 0 Å². The number of rotatable bonds is 5. The normalized spacial score (nSPS) is 14.2. The molecule has 0 unspecified atom stereocenters. The van der Waals surface area contributed by atoms with E-state index in [4.69, 9.17) is 0 Å². The Morgan fingerprint density at radius 3 is 2.70 bits per heavy atom. The second-order valence-corrected chi connectivity index (χ2v) is 5.17. The van der Waals surface area contributed by atoms with Gasteiger partial charge in [0.25, 0.3) is 0 Å². The Balaban J connectivity index is 1.62. The molecular formula is C15H18N4O. The fraction of sp³-hybridized carbons (Fsp3) is 0.400. The van der Waals surface area contributed by atoms with Crippen molar-refractivity contribution in [2.45, 2.75) is 19.8 Å². The minimum absolute atomic E-state index is 0.173. The summed E-state index contributed by atoms with van der Waals surface area (Å²) in [6.07, 6.45) is 2.07. The van der Waals surface area contributed by atoms with Crippen molar-refractivity contribution >= 4 is 22.5 Å². The first-order chi connectivity index (χ1) is 9.75. The Hall–Kier alpha value is -2.17. The number of carbonyl (C=O) groups is 1. The molecule has 0 spiro atoms. The van der Waals surface area contributed by atoms with Gasteiger partial charge in [0.2, 0.25) is 5.91 Å². The van der Waals surface area contributed by atoms with Gasteiger partial charge < -0.3 is 10.6 Å². The van der Waals surface area contributed by atoms with Crippen LogP contribution in [-0.2, 0) is 4.79 Å². The number of amides is 1. The molecule has 1 aliphatic rings. The van der Waals surface area contributed by atoms with E-state index in [0.717, 1.165) is 35.1 Å². The van der Waals surface area contributed by atoms with Crippen LogP contribution in [0.3, 0.4) is 0 Å². The molecule has 2 aromatic rings. The second kappa shape index (κ2) is 5.45. The average Bonchev–Trinajstić information content (AvgIpc) is 3.30. The highest BCUT2D eigenvalue weighted by Crippen LogP contribution is 2.28. The lowest BCUT2D eigenvalue weighted by atomic mass is 10.1. The third-order valence-corrected chi connectivity index (χ3v) is 3.54. The summed E-state index contributed by atoms with van der Waals surface area (Å²) < 4.78 is 0. The van der Waals surface area contributed by atoms with E-state index in [1.54, 1.807) is 0 Å². The van der Waals surface area contributed by atoms with E-state index in [2.05, 4.69) is 20.8 Å². The minimum Gasteiger partial charge on any atom is -0.366 e. The van der Waals surface area contributed by atoms with E-state index in [1.165, 1.54) is 0 Å². The van der Waals surface area contributed by atoms with Crippen LogP contribution in [0.15, 0.2) is 24.3 Å². The number of aromatic nitrogens is 2. The highest BCUT2D eigenvalue weighted by Gasteiger charge is 2.28. The van der Waals surface area contributed by atoms with Crippen molar-refractivity contribution in [1.29, 1.82) is 0 Å². The summed E-state index contributed by atoms with van der Waals surface area (Å²) in [6, 6.07) is 8.06. The molecule has 0 bridgehead atoms. The number of aryl methyl sites for hydroxylation is 1. The van der Waals surface area contributed by atoms with Crippen LogP contribution in [0.2, 0.25) is 0 Å². The lowest BCUT2D eigenvalue weighted by molar-refractivity contribution is -0.122. The van der Waals surface area contributed by atoms with Crippen LogP contribution in [0, 0.1) is 12.8 Å². The maximum atomic E-state index is 11.5. The molecule has 1 aromatic heterocycles. The van der Waals surface area contributed by atoms with Gasteiger partial charge in [0.1, 0.15) is 0 Å². The number of nitrogens with one attached hydrogen (secondary N) is 2. The van der Waals surface area contributed by atoms with Crippen LogP contribution in [0.5, 0.6) is 0 Å². The van der Waals surface area contributed by atoms with Gasteiger partial charge in [-0.1, -0.05) is 24.3 Å². The summed E-state index contributed by atoms with van der Waals surface area (Å²) in [6.45, 7) is 3.22. The van der Waals surface area contributed by atoms with E-state index in [1.807, 2.05) is 31.2 Å². The van der Waals surface area contributed by atoms with Crippen LogP contribution in [0.4, 0.5) is 5.82 Å². The summed E-state index contributed by atoms with van der Waals surface area (Å²) in [5, 5.41) is 16.7. The molecular weight excluding hydrogens is 252 g/mol. The summed E-state index contributed by atoms with van der Waals surface area (Å²) in [7, 11) is 0. The zero-order chi connectivity index (χ0) is 13.9. The molecule has 1 heterocycles. The van der Waals surface area contributed by atoms with E-state index in [9.17, 15) is 4.79 Å². The fourth-order valence-corrected chi connectivity index (χ4v) is 2.22. The number of benzene rings is 1. The van der Waals surface area contributed by atoms with E-state index >= 15 is 0 Å². The van der Waals surface area contributed by atoms with Crippen molar-refractivity contribution < 1.29 is 4.79 Å². The molecule has 5 nitrogen and oxygen atoms in total. The maximum Gasteiger partial charge on any atom is 0.223 e. The molecule has 20 heavy (non-hydrogen) atoms. The number of fused-ring (bicyclic) bond motifs is 1. The molecule has 3 rings (SSSR count). The molecule has 5 heteroatoms. The predicted octanol–water partition coefficient (Wildman–Crippen LogP) is 1.88. The molecule has 104 valence electrons. The zero-order valence-electron chi connectivity index (χ0n) is 11.5. The van der Waals surface area contributed by atoms with Gasteiger partial charge in [0, 0.05) is 29.8 Å². The Morgan fingerprint density at radius 1 is 1.20 bits per heavy atom. The van der Waals surface area contributed by atoms with Gasteiger partial charge in [-0.15, -0.1) is 5.10 Å². The molecule has 1 aliphatic carbocycles. The molecule has 1 amide bonds. The Bertz CT molecular complexity index is 637. The van der Waals surface area contributed by atoms with Gasteiger partial charge in [0.05, 0.1) is 5.69 Å². The Morgan fingerprint density at radius 2 is 1.95 bits per heavy atom. The summed E-state index contributed by atoms with van der Waals surface area (Å²) in [5.74, 6) is 1.20. The molecule has 0 saturated heterocycles. The summed E-state index contributed by atoms with van der Waals surface area (Å²) in [5.41, 5.74) is 0.924. The first kappa shape index (κ1) is 12.8. The van der Waals surface area contributed by atoms with Crippen molar-refractivity contribution in [3.63, 3.8) is 0 Å². The van der Waals surface area contributed by atoms with Crippen LogP contribution in [0.1, 0.15) is 18.5 Å². The first-order valence-corrected chi connectivity index (χ1v) is 6.99. The number of nitrogens with zero attached hydrogens (tertiary/aromatic N) is 2. The van der Waals surface area contributed by atoms with Crippen molar-refractivity contribution in [2.75, 3.05) is 18.4 Å². The lowest BCUT2D eigenvalue weighted by Gasteiger charge is -2.10. The van der Waals surface area contributed by atoms with Crippen LogP contribution < -0.4 is 10.6 Å². The molecule has 0 aliphatic heterocycles. The van der Waals surface area contributed by atoms with Gasteiger partial charge in [-0.05, 0) is 19.8 Å². The molecule has 2 N–H and O–H groups in total. The van der Waals surface area contributed by atoms with Gasteiger partial charge in [0.15, 0.2) is 5.82 Å². The van der Waals surface area contributed by atoms with Crippen molar-refractivity contribution in [3.05, 3.63) is 30.0 Å². The van der Waals surface area contributed by atoms with E-state index in [-0.39, 0.29) is 11.8 Å². The van der Waals surface area contributed by atoms with E-state index in [0.29, 0.717) is 13.1 Å².